The molecule has 7 heteroatoms. The fourth-order valence-electron chi connectivity index (χ4n) is 2.03. The average Bonchev–Trinajstić information content (AvgIpc) is 2.94. The van der Waals surface area contributed by atoms with Crippen LogP contribution >= 0.6 is 23.8 Å². The second-order valence-electron chi connectivity index (χ2n) is 4.69. The van der Waals surface area contributed by atoms with Gasteiger partial charge in [0.25, 0.3) is 0 Å². The minimum atomic E-state index is 0.411. The Balaban J connectivity index is 1.97. The lowest BCUT2D eigenvalue weighted by molar-refractivity contribution is 0.415. The van der Waals surface area contributed by atoms with Gasteiger partial charge in [-0.3, -0.25) is 0 Å². The highest BCUT2D eigenvalue weighted by Gasteiger charge is 2.07. The van der Waals surface area contributed by atoms with E-state index in [0.717, 1.165) is 16.9 Å². The second kappa shape index (κ2) is 6.76. The van der Waals surface area contributed by atoms with Gasteiger partial charge < -0.3 is 4.74 Å². The molecule has 0 saturated carbocycles. The summed E-state index contributed by atoms with van der Waals surface area (Å²) in [7, 11) is 1.63. The molecular formula is C16H13ClN4OS. The molecule has 1 aromatic heterocycles. The van der Waals surface area contributed by atoms with E-state index in [1.165, 1.54) is 0 Å². The minimum Gasteiger partial charge on any atom is -0.497 e. The van der Waals surface area contributed by atoms with Crippen LogP contribution in [0.4, 0.5) is 0 Å². The molecule has 3 rings (SSSR count). The fourth-order valence-corrected chi connectivity index (χ4v) is 2.34. The Bertz CT molecular complexity index is 899. The minimum absolute atomic E-state index is 0.411. The first-order valence-corrected chi connectivity index (χ1v) is 7.58. The van der Waals surface area contributed by atoms with Gasteiger partial charge in [-0.1, -0.05) is 23.7 Å². The second-order valence-corrected chi connectivity index (χ2v) is 5.52. The molecule has 0 unspecified atom stereocenters. The lowest BCUT2D eigenvalue weighted by atomic mass is 10.2. The van der Waals surface area contributed by atoms with E-state index in [1.807, 2.05) is 36.4 Å². The number of ether oxygens (including phenoxy) is 1. The molecular weight excluding hydrogens is 332 g/mol. The molecule has 2 aromatic carbocycles. The van der Waals surface area contributed by atoms with Crippen LogP contribution in [0.2, 0.25) is 5.02 Å². The van der Waals surface area contributed by atoms with Crippen LogP contribution in [0.3, 0.4) is 0 Å². The third-order valence-electron chi connectivity index (χ3n) is 3.17. The predicted octanol–water partition coefficient (Wildman–Crippen LogP) is 4.15. The molecule has 0 aliphatic carbocycles. The van der Waals surface area contributed by atoms with Crippen LogP contribution in [0.1, 0.15) is 5.56 Å². The summed E-state index contributed by atoms with van der Waals surface area (Å²) in [4.78, 5) is 0. The van der Waals surface area contributed by atoms with Crippen molar-refractivity contribution in [3.63, 3.8) is 0 Å². The van der Waals surface area contributed by atoms with Gasteiger partial charge in [-0.15, -0.1) is 0 Å². The molecule has 0 atom stereocenters. The smallest absolute Gasteiger partial charge is 0.216 e. The molecule has 0 spiro atoms. The van der Waals surface area contributed by atoms with E-state index in [-0.39, 0.29) is 0 Å². The highest BCUT2D eigenvalue weighted by molar-refractivity contribution is 7.71. The number of nitrogens with one attached hydrogen (secondary N) is 1. The molecule has 0 amide bonds. The molecule has 116 valence electrons. The van der Waals surface area contributed by atoms with E-state index < -0.39 is 0 Å². The Hall–Kier alpha value is -2.44. The molecule has 23 heavy (non-hydrogen) atoms. The Kier molecular flexibility index (Phi) is 4.55. The van der Waals surface area contributed by atoms with E-state index in [1.54, 1.807) is 30.1 Å². The number of hydrogen-bond donors (Lipinski definition) is 1. The van der Waals surface area contributed by atoms with E-state index in [2.05, 4.69) is 15.3 Å². The van der Waals surface area contributed by atoms with Crippen LogP contribution in [0.25, 0.3) is 11.4 Å². The number of halogens is 1. The Morgan fingerprint density at radius 2 is 2.04 bits per heavy atom. The third kappa shape index (κ3) is 3.49. The van der Waals surface area contributed by atoms with Gasteiger partial charge in [0.15, 0.2) is 5.82 Å². The number of aromatic nitrogens is 3. The number of hydrogen-bond acceptors (Lipinski definition) is 4. The first-order chi connectivity index (χ1) is 11.2. The summed E-state index contributed by atoms with van der Waals surface area (Å²) >= 11 is 11.2. The first kappa shape index (κ1) is 15.5. The maximum Gasteiger partial charge on any atom is 0.216 e. The molecule has 0 radical (unpaired) electrons. The third-order valence-corrected chi connectivity index (χ3v) is 3.69. The first-order valence-electron chi connectivity index (χ1n) is 6.79. The van der Waals surface area contributed by atoms with Crippen molar-refractivity contribution in [1.29, 1.82) is 0 Å². The van der Waals surface area contributed by atoms with Crippen molar-refractivity contribution in [3.05, 3.63) is 63.9 Å². The zero-order valence-electron chi connectivity index (χ0n) is 12.2. The maximum absolute atomic E-state index is 5.92. The summed E-state index contributed by atoms with van der Waals surface area (Å²) < 4.78 is 7.18. The zero-order chi connectivity index (χ0) is 16.2. The van der Waals surface area contributed by atoms with Gasteiger partial charge in [-0.2, -0.15) is 14.9 Å². The van der Waals surface area contributed by atoms with Gasteiger partial charge in [0.05, 0.1) is 13.3 Å². The molecule has 0 bridgehead atoms. The lowest BCUT2D eigenvalue weighted by Gasteiger charge is -2.02. The van der Waals surface area contributed by atoms with Gasteiger partial charge >= 0.3 is 0 Å². The van der Waals surface area contributed by atoms with E-state index >= 15 is 0 Å². The average molecular weight is 345 g/mol. The molecule has 5 nitrogen and oxygen atoms in total. The molecule has 1 heterocycles. The Labute approximate surface area is 143 Å². The normalized spacial score (nSPS) is 11.0. The van der Waals surface area contributed by atoms with Gasteiger partial charge in [0.1, 0.15) is 5.75 Å². The van der Waals surface area contributed by atoms with Crippen molar-refractivity contribution >= 4 is 30.0 Å². The van der Waals surface area contributed by atoms with Crippen molar-refractivity contribution < 1.29 is 4.74 Å². The largest absolute Gasteiger partial charge is 0.497 e. The van der Waals surface area contributed by atoms with Gasteiger partial charge in [0, 0.05) is 10.6 Å². The number of rotatable bonds is 4. The monoisotopic (exact) mass is 344 g/mol. The lowest BCUT2D eigenvalue weighted by Crippen LogP contribution is -1.95. The molecule has 0 aliphatic heterocycles. The van der Waals surface area contributed by atoms with Crippen LogP contribution in [-0.4, -0.2) is 28.2 Å². The summed E-state index contributed by atoms with van der Waals surface area (Å²) in [6, 6.07) is 14.9. The number of nitrogens with zero attached hydrogens (tertiary/aromatic N) is 3. The van der Waals surface area contributed by atoms with Crippen LogP contribution in [0, 0.1) is 4.77 Å². The van der Waals surface area contributed by atoms with Crippen molar-refractivity contribution in [3.8, 4) is 17.1 Å². The van der Waals surface area contributed by atoms with E-state index in [4.69, 9.17) is 28.6 Å². The summed E-state index contributed by atoms with van der Waals surface area (Å²) in [5.74, 6) is 1.38. The summed E-state index contributed by atoms with van der Waals surface area (Å²) in [5, 5.41) is 12.1. The quantitative estimate of drug-likeness (QED) is 0.571. The van der Waals surface area contributed by atoms with Crippen LogP contribution in [-0.2, 0) is 0 Å². The zero-order valence-corrected chi connectivity index (χ0v) is 13.8. The van der Waals surface area contributed by atoms with E-state index in [0.29, 0.717) is 15.6 Å². The van der Waals surface area contributed by atoms with Crippen molar-refractivity contribution in [1.82, 2.24) is 14.9 Å². The summed E-state index contributed by atoms with van der Waals surface area (Å²) in [5.41, 5.74) is 1.76. The van der Waals surface area contributed by atoms with Crippen LogP contribution in [0.5, 0.6) is 5.75 Å². The van der Waals surface area contributed by atoms with Crippen LogP contribution < -0.4 is 4.74 Å². The van der Waals surface area contributed by atoms with Crippen LogP contribution in [0.15, 0.2) is 53.6 Å². The molecule has 0 aliphatic rings. The van der Waals surface area contributed by atoms with Gasteiger partial charge in [-0.25, -0.2) is 5.10 Å². The number of aromatic amines is 1. The highest BCUT2D eigenvalue weighted by Crippen LogP contribution is 2.20. The SMILES string of the molecule is COc1cccc(/C=N/n2c(-c3ccc(Cl)cc3)n[nH]c2=S)c1. The number of methoxy groups -OCH3 is 1. The van der Waals surface area contributed by atoms with Crippen molar-refractivity contribution in [2.75, 3.05) is 7.11 Å². The topological polar surface area (TPSA) is 55.2 Å². The fraction of sp³-hybridized carbons (Fsp3) is 0.0625. The standard InChI is InChI=1S/C16H13ClN4OS/c1-22-14-4-2-3-11(9-14)10-18-21-15(19-20-16(21)23)12-5-7-13(17)8-6-12/h2-10H,1H3,(H,20,23)/b18-10+. The number of H-pyrrole nitrogens is 1. The van der Waals surface area contributed by atoms with Gasteiger partial charge in [0.2, 0.25) is 4.77 Å². The molecule has 3 aromatic rings. The molecule has 1 N–H and O–H groups in total. The van der Waals surface area contributed by atoms with E-state index in [9.17, 15) is 0 Å². The maximum atomic E-state index is 5.92. The molecule has 0 fully saturated rings. The summed E-state index contributed by atoms with van der Waals surface area (Å²) in [6.45, 7) is 0. The van der Waals surface area contributed by atoms with Crippen molar-refractivity contribution in [2.24, 2.45) is 5.10 Å². The molecule has 0 saturated heterocycles. The Morgan fingerprint density at radius 3 is 2.78 bits per heavy atom. The van der Waals surface area contributed by atoms with Crippen molar-refractivity contribution in [2.45, 2.75) is 0 Å². The predicted molar refractivity (Wildman–Crippen MR) is 93.8 cm³/mol. The summed E-state index contributed by atoms with van der Waals surface area (Å²) in [6.07, 6.45) is 1.70. The van der Waals surface area contributed by atoms with Gasteiger partial charge in [-0.05, 0) is 54.2 Å². The highest BCUT2D eigenvalue weighted by atomic mass is 35.5. The Morgan fingerprint density at radius 1 is 1.26 bits per heavy atom. The number of benzene rings is 2.